The van der Waals surface area contributed by atoms with Crippen molar-refractivity contribution in [2.75, 3.05) is 13.7 Å². The Morgan fingerprint density at radius 2 is 2.15 bits per heavy atom. The van der Waals surface area contributed by atoms with Gasteiger partial charge in [0.25, 0.3) is 0 Å². The number of rotatable bonds is 10. The molecule has 0 amide bonds. The van der Waals surface area contributed by atoms with Crippen molar-refractivity contribution in [2.45, 2.75) is 58.5 Å². The van der Waals surface area contributed by atoms with Crippen LogP contribution >= 0.6 is 0 Å². The van der Waals surface area contributed by atoms with Crippen LogP contribution < -0.4 is 5.32 Å². The van der Waals surface area contributed by atoms with E-state index in [-0.39, 0.29) is 5.97 Å². The maximum absolute atomic E-state index is 11.2. The third kappa shape index (κ3) is 5.78. The minimum Gasteiger partial charge on any atom is -0.466 e. The fourth-order valence-electron chi connectivity index (χ4n) is 2.38. The second-order valence-corrected chi connectivity index (χ2v) is 5.05. The molecule has 1 N–H and O–H groups in total. The van der Waals surface area contributed by atoms with Crippen LogP contribution in [0.2, 0.25) is 0 Å². The van der Waals surface area contributed by atoms with E-state index < -0.39 is 0 Å². The average Bonchev–Trinajstić information content (AvgIpc) is 2.89. The van der Waals surface area contributed by atoms with Gasteiger partial charge in [0.2, 0.25) is 0 Å². The summed E-state index contributed by atoms with van der Waals surface area (Å²) in [5.74, 6) is -0.0736. The molecule has 0 spiro atoms. The van der Waals surface area contributed by atoms with Crippen LogP contribution in [0.4, 0.5) is 0 Å². The molecule has 0 fully saturated rings. The molecule has 0 radical (unpaired) electrons. The van der Waals surface area contributed by atoms with E-state index in [2.05, 4.69) is 35.3 Å². The summed E-state index contributed by atoms with van der Waals surface area (Å²) in [6.07, 6.45) is 9.08. The molecule has 0 saturated carbocycles. The SMILES string of the molecule is CCOC(=O)CCCCCn1ccc(C(CC)NC)c1. The molecule has 1 atom stereocenters. The summed E-state index contributed by atoms with van der Waals surface area (Å²) in [5, 5.41) is 3.32. The van der Waals surface area contributed by atoms with Gasteiger partial charge in [0.15, 0.2) is 0 Å². The second kappa shape index (κ2) is 9.59. The van der Waals surface area contributed by atoms with Crippen LogP contribution in [0.25, 0.3) is 0 Å². The van der Waals surface area contributed by atoms with Crippen LogP contribution in [0.5, 0.6) is 0 Å². The van der Waals surface area contributed by atoms with Gasteiger partial charge in [0.1, 0.15) is 0 Å². The number of carbonyl (C=O) groups excluding carboxylic acids is 1. The first-order chi connectivity index (χ1) is 9.71. The fraction of sp³-hybridized carbons (Fsp3) is 0.688. The van der Waals surface area contributed by atoms with Crippen LogP contribution in [0, 0.1) is 0 Å². The molecule has 0 aliphatic carbocycles. The van der Waals surface area contributed by atoms with Crippen molar-refractivity contribution in [1.82, 2.24) is 9.88 Å². The number of carbonyl (C=O) groups is 1. The van der Waals surface area contributed by atoms with Gasteiger partial charge in [-0.3, -0.25) is 4.79 Å². The van der Waals surface area contributed by atoms with E-state index in [9.17, 15) is 4.79 Å². The van der Waals surface area contributed by atoms with Gasteiger partial charge in [-0.15, -0.1) is 0 Å². The van der Waals surface area contributed by atoms with E-state index in [4.69, 9.17) is 4.74 Å². The molecule has 1 unspecified atom stereocenters. The van der Waals surface area contributed by atoms with Crippen molar-refractivity contribution < 1.29 is 9.53 Å². The van der Waals surface area contributed by atoms with Crippen molar-refractivity contribution in [3.63, 3.8) is 0 Å². The van der Waals surface area contributed by atoms with E-state index in [0.29, 0.717) is 19.1 Å². The van der Waals surface area contributed by atoms with Crippen molar-refractivity contribution in [1.29, 1.82) is 0 Å². The zero-order valence-electron chi connectivity index (χ0n) is 13.0. The number of hydrogen-bond donors (Lipinski definition) is 1. The normalized spacial score (nSPS) is 12.3. The first kappa shape index (κ1) is 16.8. The summed E-state index contributed by atoms with van der Waals surface area (Å²) in [6, 6.07) is 2.63. The number of aryl methyl sites for hydroxylation is 1. The highest BCUT2D eigenvalue weighted by molar-refractivity contribution is 5.69. The Kier molecular flexibility index (Phi) is 8.04. The largest absolute Gasteiger partial charge is 0.466 e. The summed E-state index contributed by atoms with van der Waals surface area (Å²) < 4.78 is 7.15. The predicted molar refractivity (Wildman–Crippen MR) is 81.6 cm³/mol. The van der Waals surface area contributed by atoms with Crippen molar-refractivity contribution in [2.24, 2.45) is 0 Å². The van der Waals surface area contributed by atoms with E-state index in [0.717, 1.165) is 32.2 Å². The molecular weight excluding hydrogens is 252 g/mol. The molecule has 1 heterocycles. The monoisotopic (exact) mass is 280 g/mol. The Morgan fingerprint density at radius 1 is 1.35 bits per heavy atom. The molecule has 1 aromatic heterocycles. The molecule has 1 rings (SSSR count). The van der Waals surface area contributed by atoms with Gasteiger partial charge in [0, 0.05) is 31.4 Å². The molecule has 0 aromatic carbocycles. The highest BCUT2D eigenvalue weighted by Crippen LogP contribution is 2.16. The Hall–Kier alpha value is -1.29. The molecule has 1 aromatic rings. The summed E-state index contributed by atoms with van der Waals surface area (Å²) >= 11 is 0. The van der Waals surface area contributed by atoms with Crippen molar-refractivity contribution >= 4 is 5.97 Å². The zero-order chi connectivity index (χ0) is 14.8. The first-order valence-corrected chi connectivity index (χ1v) is 7.69. The van der Waals surface area contributed by atoms with E-state index in [1.54, 1.807) is 0 Å². The Bertz CT molecular complexity index is 384. The third-order valence-corrected chi connectivity index (χ3v) is 3.53. The summed E-state index contributed by atoms with van der Waals surface area (Å²) in [4.78, 5) is 11.2. The average molecular weight is 280 g/mol. The van der Waals surface area contributed by atoms with Crippen molar-refractivity contribution in [3.8, 4) is 0 Å². The number of hydrogen-bond acceptors (Lipinski definition) is 3. The minimum atomic E-state index is -0.0736. The Morgan fingerprint density at radius 3 is 2.80 bits per heavy atom. The Labute approximate surface area is 122 Å². The maximum atomic E-state index is 11.2. The second-order valence-electron chi connectivity index (χ2n) is 5.05. The van der Waals surface area contributed by atoms with Crippen LogP contribution in [0.1, 0.15) is 57.6 Å². The number of esters is 1. The van der Waals surface area contributed by atoms with Gasteiger partial charge < -0.3 is 14.6 Å². The van der Waals surface area contributed by atoms with Gasteiger partial charge in [0.05, 0.1) is 6.61 Å². The molecule has 0 aliphatic rings. The lowest BCUT2D eigenvalue weighted by Gasteiger charge is -2.11. The minimum absolute atomic E-state index is 0.0736. The number of unbranched alkanes of at least 4 members (excludes halogenated alkanes) is 2. The van der Waals surface area contributed by atoms with E-state index in [1.165, 1.54) is 5.56 Å². The molecule has 4 heteroatoms. The van der Waals surface area contributed by atoms with Crippen LogP contribution in [0.15, 0.2) is 18.5 Å². The lowest BCUT2D eigenvalue weighted by atomic mass is 10.1. The van der Waals surface area contributed by atoms with Crippen LogP contribution in [-0.4, -0.2) is 24.2 Å². The lowest BCUT2D eigenvalue weighted by Crippen LogP contribution is -2.14. The summed E-state index contributed by atoms with van der Waals surface area (Å²) in [7, 11) is 2.00. The molecule has 0 saturated heterocycles. The highest BCUT2D eigenvalue weighted by atomic mass is 16.5. The molecule has 20 heavy (non-hydrogen) atoms. The maximum Gasteiger partial charge on any atom is 0.305 e. The van der Waals surface area contributed by atoms with Crippen LogP contribution in [0.3, 0.4) is 0 Å². The fourth-order valence-corrected chi connectivity index (χ4v) is 2.38. The molecular formula is C16H28N2O2. The van der Waals surface area contributed by atoms with E-state index >= 15 is 0 Å². The topological polar surface area (TPSA) is 43.3 Å². The van der Waals surface area contributed by atoms with Gasteiger partial charge in [-0.1, -0.05) is 13.3 Å². The number of ether oxygens (including phenoxy) is 1. The zero-order valence-corrected chi connectivity index (χ0v) is 13.0. The van der Waals surface area contributed by atoms with Gasteiger partial charge in [-0.25, -0.2) is 0 Å². The first-order valence-electron chi connectivity index (χ1n) is 7.69. The van der Waals surface area contributed by atoms with Gasteiger partial charge in [-0.2, -0.15) is 0 Å². The quantitative estimate of drug-likeness (QED) is 0.528. The lowest BCUT2D eigenvalue weighted by molar-refractivity contribution is -0.143. The highest BCUT2D eigenvalue weighted by Gasteiger charge is 2.07. The summed E-state index contributed by atoms with van der Waals surface area (Å²) in [5.41, 5.74) is 1.35. The number of nitrogens with zero attached hydrogens (tertiary/aromatic N) is 1. The predicted octanol–water partition coefficient (Wildman–Crippen LogP) is 3.28. The Balaban J connectivity index is 2.21. The van der Waals surface area contributed by atoms with Crippen LogP contribution in [-0.2, 0) is 16.1 Å². The molecule has 4 nitrogen and oxygen atoms in total. The number of aromatic nitrogens is 1. The smallest absolute Gasteiger partial charge is 0.305 e. The third-order valence-electron chi connectivity index (χ3n) is 3.53. The molecule has 114 valence electrons. The van der Waals surface area contributed by atoms with Crippen molar-refractivity contribution in [3.05, 3.63) is 24.0 Å². The molecule has 0 aliphatic heterocycles. The van der Waals surface area contributed by atoms with Gasteiger partial charge >= 0.3 is 5.97 Å². The van der Waals surface area contributed by atoms with Gasteiger partial charge in [-0.05, 0) is 44.9 Å². The number of nitrogens with one attached hydrogen (secondary N) is 1. The molecule has 0 bridgehead atoms. The van der Waals surface area contributed by atoms with E-state index in [1.807, 2.05) is 14.0 Å². The standard InChI is InChI=1S/C16H28N2O2/c1-4-15(17-3)14-10-12-18(13-14)11-8-6-7-9-16(19)20-5-2/h10,12-13,15,17H,4-9,11H2,1-3H3. The summed E-state index contributed by atoms with van der Waals surface area (Å²) in [6.45, 7) is 5.53.